The lowest BCUT2D eigenvalue weighted by molar-refractivity contribution is -0.190. The van der Waals surface area contributed by atoms with Gasteiger partial charge in [-0.05, 0) is 165 Å². The highest BCUT2D eigenvalue weighted by Gasteiger charge is 2.63. The van der Waals surface area contributed by atoms with Crippen molar-refractivity contribution in [3.05, 3.63) is 109 Å². The molecule has 2 saturated heterocycles. The van der Waals surface area contributed by atoms with Crippen LogP contribution in [0.1, 0.15) is 125 Å². The molecular weight excluding hydrogens is 1230 g/mol. The summed E-state index contributed by atoms with van der Waals surface area (Å²) in [6.07, 6.45) is 1.25. The van der Waals surface area contributed by atoms with E-state index in [0.717, 1.165) is 42.8 Å². The van der Waals surface area contributed by atoms with Crippen LogP contribution in [0.5, 0.6) is 11.8 Å². The summed E-state index contributed by atoms with van der Waals surface area (Å²) in [5, 5.41) is 14.5. The van der Waals surface area contributed by atoms with Crippen molar-refractivity contribution in [3.8, 4) is 23.4 Å². The largest absolute Gasteiger partial charge is 0.477 e. The average molecular weight is 1310 g/mol. The lowest BCUT2D eigenvalue weighted by Gasteiger charge is -2.34. The van der Waals surface area contributed by atoms with E-state index in [1.165, 1.54) is 51.8 Å². The van der Waals surface area contributed by atoms with E-state index < -0.39 is 66.1 Å². The number of nitrogens with one attached hydrogen (secondary N) is 3. The number of halogens is 6. The Balaban J connectivity index is 0.000000187. The van der Waals surface area contributed by atoms with Gasteiger partial charge in [0, 0.05) is 61.8 Å². The first kappa shape index (κ1) is 64.5. The zero-order valence-electron chi connectivity index (χ0n) is 50.7. The normalized spacial score (nSPS) is 21.9. The number of nitrogens with zero attached hydrogens (tertiary/aromatic N) is 11. The molecule has 2 atom stereocenters. The van der Waals surface area contributed by atoms with Gasteiger partial charge in [-0.2, -0.15) is 43.2 Å². The highest BCUT2D eigenvalue weighted by molar-refractivity contribution is 7.90. The number of aromatic nitrogens is 8. The molecule has 6 aliphatic rings. The molecular formula is C61H72F6N14O8S2. The molecule has 3 N–H and O–H groups in total. The van der Waals surface area contributed by atoms with Gasteiger partial charge in [0.05, 0.1) is 41.7 Å². The number of sulfonamides is 2. The second-order valence-electron chi connectivity index (χ2n) is 25.4. The van der Waals surface area contributed by atoms with E-state index in [1.807, 2.05) is 9.80 Å². The average Bonchev–Trinajstić information content (AvgIpc) is 1.67. The van der Waals surface area contributed by atoms with Crippen LogP contribution in [0.25, 0.3) is 11.6 Å². The van der Waals surface area contributed by atoms with Gasteiger partial charge in [0.1, 0.15) is 23.3 Å². The van der Waals surface area contributed by atoms with Crippen LogP contribution in [-0.2, 0) is 20.0 Å². The highest BCUT2D eigenvalue weighted by Crippen LogP contribution is 2.61. The molecule has 0 spiro atoms. The molecule has 0 unspecified atom stereocenters. The monoisotopic (exact) mass is 1310 g/mol. The third-order valence-corrected chi connectivity index (χ3v) is 20.9. The van der Waals surface area contributed by atoms with E-state index in [-0.39, 0.29) is 97.1 Å². The van der Waals surface area contributed by atoms with Crippen molar-refractivity contribution in [1.82, 2.24) is 48.5 Å². The van der Waals surface area contributed by atoms with Crippen molar-refractivity contribution in [2.24, 2.45) is 22.7 Å². The number of amides is 2. The summed E-state index contributed by atoms with van der Waals surface area (Å²) < 4.78 is 151. The maximum absolute atomic E-state index is 14.3. The molecule has 91 heavy (non-hydrogen) atoms. The molecule has 6 aromatic heterocycles. The molecule has 2 amide bonds. The van der Waals surface area contributed by atoms with Gasteiger partial charge in [-0.25, -0.2) is 38.3 Å². The third-order valence-electron chi connectivity index (χ3n) is 18.0. The summed E-state index contributed by atoms with van der Waals surface area (Å²) in [5.74, 6) is 1.33. The predicted molar refractivity (Wildman–Crippen MR) is 324 cm³/mol. The molecule has 4 aliphatic heterocycles. The first-order chi connectivity index (χ1) is 43.0. The summed E-state index contributed by atoms with van der Waals surface area (Å²) in [4.78, 5) is 50.0. The lowest BCUT2D eigenvalue weighted by atomic mass is 9.93. The highest BCUT2D eigenvalue weighted by atomic mass is 32.2. The minimum absolute atomic E-state index is 0.0701. The standard InChI is InChI=1S/C32H38F3N7O4S.C29H34F3N7O4S/c1-4-17-42-29(43)23-10-11-25(41-18-12-26(39-41)46-19-15-31(13-14-31)32(33,34)35)38-28(23)40-21-22(20-30(40,2)3)7-6-16-36-24-8-5-9-27(37-24)47(42,44)45;1-27(2)17-19-5-4-14-33-21-6-3-7-24(34-21)44(41,42)37-26(40)20-8-9-22(35-25(20)38(27)18-19)39-15-10-23(36-39)43-16-13-28(11-12-28)29(30,31)32/h4-5,8-12,18,22H,1,6-7,13-17,19-21H2,2-3H3,(H,36,37);3,6-10,15,19H,4-5,11-14,16-18H2,1-2H3,(H,33,34)(H,37,40)/t22-;19-/m00/s1. The van der Waals surface area contributed by atoms with Crippen LogP contribution in [0.3, 0.4) is 0 Å². The minimum Gasteiger partial charge on any atom is -0.477 e. The molecule has 2 saturated carbocycles. The molecule has 8 bridgehead atoms. The topological polar surface area (TPSA) is 254 Å². The lowest BCUT2D eigenvalue weighted by Crippen LogP contribution is -2.42. The van der Waals surface area contributed by atoms with Crippen LogP contribution in [0.15, 0.2) is 108 Å². The van der Waals surface area contributed by atoms with Crippen LogP contribution >= 0.6 is 0 Å². The zero-order chi connectivity index (χ0) is 64.9. The van der Waals surface area contributed by atoms with Gasteiger partial charge in [-0.3, -0.25) is 9.59 Å². The fraction of sp³-hybridized carbons (Fsp3) is 0.508. The number of carbonyl (C=O) groups excluding carboxylic acids is 2. The summed E-state index contributed by atoms with van der Waals surface area (Å²) in [7, 11) is -8.69. The van der Waals surface area contributed by atoms with E-state index in [4.69, 9.17) is 19.4 Å². The Bertz CT molecular complexity index is 3940. The fourth-order valence-electron chi connectivity index (χ4n) is 12.6. The Morgan fingerprint density at radius 2 is 1.09 bits per heavy atom. The quantitative estimate of drug-likeness (QED) is 0.0760. The smallest absolute Gasteiger partial charge is 0.394 e. The van der Waals surface area contributed by atoms with Crippen LogP contribution in [0.2, 0.25) is 0 Å². The molecule has 0 aromatic carbocycles. The van der Waals surface area contributed by atoms with Gasteiger partial charge in [-0.15, -0.1) is 16.8 Å². The zero-order valence-corrected chi connectivity index (χ0v) is 52.4. The van der Waals surface area contributed by atoms with E-state index in [1.54, 1.807) is 48.8 Å². The van der Waals surface area contributed by atoms with Crippen LogP contribution in [0, 0.1) is 22.7 Å². The van der Waals surface area contributed by atoms with E-state index in [9.17, 15) is 52.8 Å². The Morgan fingerprint density at radius 3 is 1.56 bits per heavy atom. The Morgan fingerprint density at radius 1 is 0.626 bits per heavy atom. The van der Waals surface area contributed by atoms with Crippen LogP contribution in [0.4, 0.5) is 49.6 Å². The van der Waals surface area contributed by atoms with Gasteiger partial charge in [0.15, 0.2) is 21.7 Å². The summed E-state index contributed by atoms with van der Waals surface area (Å²) in [6.45, 7) is 13.8. The Kier molecular flexibility index (Phi) is 17.4. The predicted octanol–water partition coefficient (Wildman–Crippen LogP) is 10.3. The first-order valence-electron chi connectivity index (χ1n) is 30.3. The Labute approximate surface area is 523 Å². The summed E-state index contributed by atoms with van der Waals surface area (Å²) in [6, 6.07) is 18.4. The molecule has 4 fully saturated rings. The van der Waals surface area contributed by atoms with Crippen LogP contribution in [-0.4, -0.2) is 142 Å². The molecule has 22 nitrogen and oxygen atoms in total. The summed E-state index contributed by atoms with van der Waals surface area (Å²) in [5.41, 5.74) is -3.99. The van der Waals surface area contributed by atoms with Crippen molar-refractivity contribution in [2.45, 2.75) is 138 Å². The van der Waals surface area contributed by atoms with Crippen molar-refractivity contribution in [3.63, 3.8) is 0 Å². The van der Waals surface area contributed by atoms with Crippen molar-refractivity contribution >= 4 is 55.1 Å². The molecule has 2 aliphatic carbocycles. The molecule has 10 heterocycles. The molecule has 0 radical (unpaired) electrons. The fourth-order valence-corrected chi connectivity index (χ4v) is 14.8. The van der Waals surface area contributed by atoms with E-state index in [2.05, 4.69) is 69.8 Å². The first-order valence-corrected chi connectivity index (χ1v) is 33.2. The number of pyridine rings is 4. The number of hydrogen-bond acceptors (Lipinski definition) is 18. The van der Waals surface area contributed by atoms with E-state index in [0.29, 0.717) is 67.0 Å². The molecule has 488 valence electrons. The van der Waals surface area contributed by atoms with Crippen LogP contribution < -0.4 is 34.6 Å². The summed E-state index contributed by atoms with van der Waals surface area (Å²) >= 11 is 0. The Hall–Kier alpha value is -8.02. The maximum atomic E-state index is 14.3. The van der Waals surface area contributed by atoms with Gasteiger partial charge < -0.3 is 29.9 Å². The number of anilines is 4. The second kappa shape index (κ2) is 24.6. The number of ether oxygens (including phenoxy) is 2. The van der Waals surface area contributed by atoms with Gasteiger partial charge in [-0.1, -0.05) is 18.2 Å². The van der Waals surface area contributed by atoms with Gasteiger partial charge >= 0.3 is 12.4 Å². The third kappa shape index (κ3) is 13.7. The molecule has 30 heteroatoms. The van der Waals surface area contributed by atoms with Gasteiger partial charge in [0.2, 0.25) is 11.8 Å². The number of alkyl halides is 6. The minimum atomic E-state index is -4.39. The number of carbonyl (C=O) groups is 2. The van der Waals surface area contributed by atoms with Crippen molar-refractivity contribution < 1.29 is 62.2 Å². The molecule has 12 rings (SSSR count). The van der Waals surface area contributed by atoms with Crippen molar-refractivity contribution in [1.29, 1.82) is 0 Å². The van der Waals surface area contributed by atoms with Gasteiger partial charge in [0.25, 0.3) is 31.9 Å². The molecule has 6 aromatic rings. The van der Waals surface area contributed by atoms with Crippen molar-refractivity contribution in [2.75, 3.05) is 66.4 Å². The number of fused-ring (bicyclic) bond motifs is 12. The second-order valence-corrected chi connectivity index (χ2v) is 28.9. The maximum Gasteiger partial charge on any atom is 0.394 e. The number of hydrogen-bond donors (Lipinski definition) is 3. The SMILES string of the molecule is C=CCN1C(=O)c2ccc(-n3ccc(OCCC4(C(F)(F)F)CC4)n3)nc2N2C[C@@H](CCCNc3cccc(n3)S1(=O)=O)CC2(C)C.CC1(C)C[C@@H]2CCCNc3cccc(n3)S(=O)(=O)NC(=O)c3ccc(-n4ccc(OCCC5(C(F)(F)F)CC5)n4)nc3N1C2. The number of rotatable bonds is 12. The van der Waals surface area contributed by atoms with E-state index >= 15 is 0 Å².